The summed E-state index contributed by atoms with van der Waals surface area (Å²) < 4.78 is 10.5. The Morgan fingerprint density at radius 2 is 2.10 bits per heavy atom. The number of hydrogen-bond acceptors (Lipinski definition) is 4. The summed E-state index contributed by atoms with van der Waals surface area (Å²) in [5, 5.41) is 9.76. The first-order chi connectivity index (χ1) is 9.45. The fourth-order valence-corrected chi connectivity index (χ4v) is 1.72. The van der Waals surface area contributed by atoms with Crippen molar-refractivity contribution in [2.75, 3.05) is 13.2 Å². The maximum absolute atomic E-state index is 11.2. The first kappa shape index (κ1) is 16.2. The second kappa shape index (κ2) is 7.70. The predicted octanol–water partition coefficient (Wildman–Crippen LogP) is 2.42. The van der Waals surface area contributed by atoms with Gasteiger partial charge in [-0.2, -0.15) is 0 Å². The van der Waals surface area contributed by atoms with Crippen molar-refractivity contribution in [2.45, 2.75) is 33.3 Å². The third kappa shape index (κ3) is 4.70. The molecule has 4 heteroatoms. The molecule has 1 N–H and O–H groups in total. The van der Waals surface area contributed by atoms with Crippen LogP contribution in [0.1, 0.15) is 25.0 Å². The Morgan fingerprint density at radius 1 is 1.40 bits per heavy atom. The van der Waals surface area contributed by atoms with E-state index >= 15 is 0 Å². The van der Waals surface area contributed by atoms with E-state index in [1.165, 1.54) is 0 Å². The number of hydrogen-bond donors (Lipinski definition) is 1. The topological polar surface area (TPSA) is 55.8 Å². The van der Waals surface area contributed by atoms with Crippen molar-refractivity contribution in [3.63, 3.8) is 0 Å². The molecule has 0 spiro atoms. The molecule has 0 radical (unpaired) electrons. The number of benzene rings is 1. The molecule has 0 bridgehead atoms. The summed E-state index contributed by atoms with van der Waals surface area (Å²) in [7, 11) is 0. The van der Waals surface area contributed by atoms with Crippen LogP contribution < -0.4 is 4.74 Å². The lowest BCUT2D eigenvalue weighted by atomic mass is 10.1. The lowest BCUT2D eigenvalue weighted by Gasteiger charge is -2.16. The van der Waals surface area contributed by atoms with E-state index in [2.05, 4.69) is 6.58 Å². The van der Waals surface area contributed by atoms with Crippen molar-refractivity contribution in [2.24, 2.45) is 0 Å². The number of ether oxygens (including phenoxy) is 2. The molecule has 0 aliphatic rings. The number of carbonyl (C=O) groups is 1. The van der Waals surface area contributed by atoms with Crippen molar-refractivity contribution in [1.82, 2.24) is 0 Å². The molecule has 0 fully saturated rings. The van der Waals surface area contributed by atoms with Crippen molar-refractivity contribution in [3.8, 4) is 5.75 Å². The van der Waals surface area contributed by atoms with E-state index < -0.39 is 12.1 Å². The summed E-state index contributed by atoms with van der Waals surface area (Å²) >= 11 is 0. The van der Waals surface area contributed by atoms with E-state index in [0.29, 0.717) is 5.57 Å². The summed E-state index contributed by atoms with van der Waals surface area (Å²) in [6.07, 6.45) is 0.000190. The van der Waals surface area contributed by atoms with Crippen LogP contribution in [0.4, 0.5) is 0 Å². The van der Waals surface area contributed by atoms with Gasteiger partial charge in [0.05, 0.1) is 0 Å². The van der Waals surface area contributed by atoms with Gasteiger partial charge in [-0.15, -0.1) is 0 Å². The molecule has 20 heavy (non-hydrogen) atoms. The second-order valence-electron chi connectivity index (χ2n) is 4.76. The Morgan fingerprint density at radius 3 is 2.70 bits per heavy atom. The van der Waals surface area contributed by atoms with Crippen LogP contribution in [0.2, 0.25) is 0 Å². The van der Waals surface area contributed by atoms with Gasteiger partial charge < -0.3 is 14.6 Å². The molecule has 1 unspecified atom stereocenters. The summed E-state index contributed by atoms with van der Waals surface area (Å²) in [6.45, 7) is 9.03. The monoisotopic (exact) mass is 278 g/mol. The van der Waals surface area contributed by atoms with Gasteiger partial charge >= 0.3 is 5.97 Å². The van der Waals surface area contributed by atoms with E-state index in [9.17, 15) is 9.90 Å². The van der Waals surface area contributed by atoms with Gasteiger partial charge in [0.15, 0.2) is 0 Å². The fourth-order valence-electron chi connectivity index (χ4n) is 1.72. The molecule has 110 valence electrons. The van der Waals surface area contributed by atoms with Crippen LogP contribution in [0.3, 0.4) is 0 Å². The summed E-state index contributed by atoms with van der Waals surface area (Å²) in [4.78, 5) is 11.2. The number of rotatable bonds is 7. The first-order valence-electron chi connectivity index (χ1n) is 6.67. The lowest BCUT2D eigenvalue weighted by Crippen LogP contribution is -2.25. The number of aryl methyl sites for hydroxylation is 2. The molecular formula is C16H22O4. The number of aliphatic hydroxyl groups is 1. The molecular weight excluding hydrogens is 256 g/mol. The summed E-state index contributed by atoms with van der Waals surface area (Å²) in [5.41, 5.74) is 2.43. The summed E-state index contributed by atoms with van der Waals surface area (Å²) in [6, 6.07) is 5.93. The predicted molar refractivity (Wildman–Crippen MR) is 77.8 cm³/mol. The molecule has 1 aromatic carbocycles. The van der Waals surface area contributed by atoms with Gasteiger partial charge in [0.2, 0.25) is 0 Å². The molecule has 1 aromatic rings. The second-order valence-corrected chi connectivity index (χ2v) is 4.76. The Kier molecular flexibility index (Phi) is 6.25. The van der Waals surface area contributed by atoms with Crippen LogP contribution in [0, 0.1) is 6.92 Å². The van der Waals surface area contributed by atoms with Gasteiger partial charge in [0.25, 0.3) is 0 Å². The molecule has 1 atom stereocenters. The highest BCUT2D eigenvalue weighted by molar-refractivity contribution is 5.86. The molecule has 0 saturated heterocycles. The Labute approximate surface area is 120 Å². The Balaban J connectivity index is 2.51. The zero-order chi connectivity index (χ0) is 15.1. The zero-order valence-electron chi connectivity index (χ0n) is 12.3. The summed E-state index contributed by atoms with van der Waals surface area (Å²) in [5.74, 6) is 0.287. The van der Waals surface area contributed by atoms with E-state index in [-0.39, 0.29) is 13.2 Å². The molecule has 0 aromatic heterocycles. The molecule has 0 amide bonds. The van der Waals surface area contributed by atoms with Crippen LogP contribution >= 0.6 is 0 Å². The van der Waals surface area contributed by atoms with Gasteiger partial charge in [-0.25, -0.2) is 4.79 Å². The quantitative estimate of drug-likeness (QED) is 0.614. The Bertz CT molecular complexity index is 479. The maximum atomic E-state index is 11.2. The van der Waals surface area contributed by atoms with Gasteiger partial charge in [0.1, 0.15) is 25.1 Å². The molecule has 0 aliphatic carbocycles. The molecule has 0 saturated carbocycles. The van der Waals surface area contributed by atoms with Crippen LogP contribution in [0.5, 0.6) is 5.75 Å². The highest BCUT2D eigenvalue weighted by atomic mass is 16.5. The average Bonchev–Trinajstić information content (AvgIpc) is 2.42. The zero-order valence-corrected chi connectivity index (χ0v) is 12.3. The SMILES string of the molecule is C=C(C)C(=O)OCC(O)COc1c(C)cccc1CC. The van der Waals surface area contributed by atoms with Crippen LogP contribution in [-0.2, 0) is 16.0 Å². The standard InChI is InChI=1S/C16H22O4/c1-5-13-8-6-7-12(4)15(13)19-9-14(17)10-20-16(18)11(2)3/h6-8,14,17H,2,5,9-10H2,1,3-4H3. The van der Waals surface area contributed by atoms with E-state index in [1.807, 2.05) is 32.0 Å². The van der Waals surface area contributed by atoms with Crippen LogP contribution in [0.25, 0.3) is 0 Å². The van der Waals surface area contributed by atoms with Crippen LogP contribution in [-0.4, -0.2) is 30.4 Å². The smallest absolute Gasteiger partial charge is 0.333 e. The number of para-hydroxylation sites is 1. The third-order valence-electron chi connectivity index (χ3n) is 2.85. The van der Waals surface area contributed by atoms with Gasteiger partial charge in [0, 0.05) is 5.57 Å². The molecule has 4 nitrogen and oxygen atoms in total. The van der Waals surface area contributed by atoms with Crippen LogP contribution in [0.15, 0.2) is 30.4 Å². The van der Waals surface area contributed by atoms with Crippen molar-refractivity contribution >= 4 is 5.97 Å². The molecule has 1 rings (SSSR count). The van der Waals surface area contributed by atoms with E-state index in [4.69, 9.17) is 9.47 Å². The van der Waals surface area contributed by atoms with Crippen molar-refractivity contribution < 1.29 is 19.4 Å². The van der Waals surface area contributed by atoms with Gasteiger partial charge in [-0.1, -0.05) is 31.7 Å². The van der Waals surface area contributed by atoms with E-state index in [1.54, 1.807) is 6.92 Å². The maximum Gasteiger partial charge on any atom is 0.333 e. The average molecular weight is 278 g/mol. The lowest BCUT2D eigenvalue weighted by molar-refractivity contribution is -0.142. The minimum absolute atomic E-state index is 0.0846. The normalized spacial score (nSPS) is 11.8. The van der Waals surface area contributed by atoms with Gasteiger partial charge in [-0.3, -0.25) is 0 Å². The minimum atomic E-state index is -0.859. The fraction of sp³-hybridized carbons (Fsp3) is 0.438. The first-order valence-corrected chi connectivity index (χ1v) is 6.67. The highest BCUT2D eigenvalue weighted by Crippen LogP contribution is 2.23. The highest BCUT2D eigenvalue weighted by Gasteiger charge is 2.12. The van der Waals surface area contributed by atoms with Gasteiger partial charge in [-0.05, 0) is 31.4 Å². The largest absolute Gasteiger partial charge is 0.490 e. The molecule has 0 heterocycles. The number of aliphatic hydroxyl groups excluding tert-OH is 1. The minimum Gasteiger partial charge on any atom is -0.490 e. The molecule has 0 aliphatic heterocycles. The van der Waals surface area contributed by atoms with Crippen molar-refractivity contribution in [3.05, 3.63) is 41.5 Å². The third-order valence-corrected chi connectivity index (χ3v) is 2.85. The number of esters is 1. The number of carbonyl (C=O) groups excluding carboxylic acids is 1. The van der Waals surface area contributed by atoms with E-state index in [0.717, 1.165) is 23.3 Å². The van der Waals surface area contributed by atoms with Crippen molar-refractivity contribution in [1.29, 1.82) is 0 Å². The Hall–Kier alpha value is -1.81.